The number of carbonyl (C=O) groups excluding carboxylic acids is 3. The molecule has 2 fully saturated rings. The van der Waals surface area contributed by atoms with E-state index in [1.165, 1.54) is 4.90 Å². The number of anilines is 1. The zero-order valence-corrected chi connectivity index (χ0v) is 26.7. The van der Waals surface area contributed by atoms with Crippen LogP contribution in [0.1, 0.15) is 52.6 Å². The monoisotopic (exact) mass is 613 g/mol. The molecule has 0 radical (unpaired) electrons. The molecule has 45 heavy (non-hydrogen) atoms. The Hall–Kier alpha value is -3.95. The van der Waals surface area contributed by atoms with Crippen molar-refractivity contribution in [3.8, 4) is 5.75 Å². The molecule has 4 heterocycles. The maximum atomic E-state index is 15.0. The fourth-order valence-corrected chi connectivity index (χ4v) is 7.79. The van der Waals surface area contributed by atoms with Crippen LogP contribution in [-0.2, 0) is 19.1 Å². The van der Waals surface area contributed by atoms with E-state index in [1.54, 1.807) is 9.80 Å². The first-order chi connectivity index (χ1) is 21.5. The molecule has 1 N–H and O–H groups in total. The third kappa shape index (κ3) is 4.79. The lowest BCUT2D eigenvalue weighted by Crippen LogP contribution is -2.59. The van der Waals surface area contributed by atoms with E-state index in [9.17, 15) is 19.5 Å². The molecule has 9 nitrogen and oxygen atoms in total. The minimum Gasteiger partial charge on any atom is -0.494 e. The van der Waals surface area contributed by atoms with Gasteiger partial charge in [0.15, 0.2) is 0 Å². The van der Waals surface area contributed by atoms with Gasteiger partial charge < -0.3 is 29.3 Å². The Kier molecular flexibility index (Phi) is 7.90. The lowest BCUT2D eigenvalue weighted by Gasteiger charge is -2.43. The standard InChI is InChI=1S/C36H43N3O6/c1-6-35-19-11-21-37(25-15-17-26(18-16-25)44-7-2)31(41)28(35)29-32(42)39(27(23-40)24-13-9-8-10-14-24)30-33(43)38(34(3,4)5)22-12-20-36(29,30)45-35/h8-20,27-30,40H,6-7,21-23H2,1-5H3/t27-,28+,29+,30?,35-,36+/m1/s1. The number of fused-ring (bicyclic) bond motifs is 2. The molecular weight excluding hydrogens is 570 g/mol. The van der Waals surface area contributed by atoms with E-state index in [-0.39, 0.29) is 17.7 Å². The van der Waals surface area contributed by atoms with Crippen molar-refractivity contribution in [2.75, 3.05) is 31.2 Å². The van der Waals surface area contributed by atoms with Gasteiger partial charge in [-0.1, -0.05) is 61.6 Å². The first kappa shape index (κ1) is 31.0. The Morgan fingerprint density at radius 1 is 0.911 bits per heavy atom. The molecule has 6 atom stereocenters. The minimum atomic E-state index is -1.42. The highest BCUT2D eigenvalue weighted by atomic mass is 16.5. The molecule has 2 aromatic carbocycles. The lowest BCUT2D eigenvalue weighted by molar-refractivity contribution is -0.158. The Morgan fingerprint density at radius 2 is 1.60 bits per heavy atom. The average Bonchev–Trinajstić information content (AvgIpc) is 3.30. The van der Waals surface area contributed by atoms with E-state index in [2.05, 4.69) is 0 Å². The largest absolute Gasteiger partial charge is 0.494 e. The van der Waals surface area contributed by atoms with Crippen LogP contribution in [0.4, 0.5) is 5.69 Å². The maximum absolute atomic E-state index is 15.0. The summed E-state index contributed by atoms with van der Waals surface area (Å²) in [5.74, 6) is -2.05. The predicted octanol–water partition coefficient (Wildman–Crippen LogP) is 4.28. The topological polar surface area (TPSA) is 99.6 Å². The van der Waals surface area contributed by atoms with Crippen molar-refractivity contribution in [2.24, 2.45) is 11.8 Å². The highest BCUT2D eigenvalue weighted by Crippen LogP contribution is 2.60. The van der Waals surface area contributed by atoms with Crippen LogP contribution in [0.5, 0.6) is 5.75 Å². The number of rotatable bonds is 7. The molecule has 3 amide bonds. The molecule has 6 rings (SSSR count). The zero-order valence-electron chi connectivity index (χ0n) is 26.7. The highest BCUT2D eigenvalue weighted by Gasteiger charge is 2.76. The zero-order chi connectivity index (χ0) is 32.1. The van der Waals surface area contributed by atoms with Gasteiger partial charge in [-0.3, -0.25) is 14.4 Å². The molecule has 0 saturated carbocycles. The Morgan fingerprint density at radius 3 is 2.22 bits per heavy atom. The summed E-state index contributed by atoms with van der Waals surface area (Å²) in [5.41, 5.74) is -1.68. The van der Waals surface area contributed by atoms with E-state index < -0.39 is 47.3 Å². The molecule has 0 aliphatic carbocycles. The van der Waals surface area contributed by atoms with Gasteiger partial charge in [-0.15, -0.1) is 0 Å². The lowest BCUT2D eigenvalue weighted by atomic mass is 9.73. The van der Waals surface area contributed by atoms with Crippen LogP contribution in [0.25, 0.3) is 0 Å². The first-order valence-electron chi connectivity index (χ1n) is 15.9. The number of nitrogens with zero attached hydrogens (tertiary/aromatic N) is 3. The molecule has 2 saturated heterocycles. The van der Waals surface area contributed by atoms with Gasteiger partial charge in [-0.2, -0.15) is 0 Å². The van der Waals surface area contributed by atoms with Gasteiger partial charge in [0.1, 0.15) is 17.4 Å². The van der Waals surface area contributed by atoms with Crippen molar-refractivity contribution in [2.45, 2.75) is 69.9 Å². The summed E-state index contributed by atoms with van der Waals surface area (Å²) >= 11 is 0. The molecule has 4 aliphatic heterocycles. The van der Waals surface area contributed by atoms with Crippen molar-refractivity contribution in [3.05, 3.63) is 84.5 Å². The van der Waals surface area contributed by atoms with Crippen molar-refractivity contribution in [1.82, 2.24) is 9.80 Å². The summed E-state index contributed by atoms with van der Waals surface area (Å²) in [6, 6.07) is 14.7. The van der Waals surface area contributed by atoms with Crippen LogP contribution in [0.3, 0.4) is 0 Å². The van der Waals surface area contributed by atoms with Crippen LogP contribution < -0.4 is 9.64 Å². The third-order valence-electron chi connectivity index (χ3n) is 9.84. The number of ether oxygens (including phenoxy) is 2. The second-order valence-corrected chi connectivity index (χ2v) is 13.3. The van der Waals surface area contributed by atoms with Gasteiger partial charge in [-0.25, -0.2) is 0 Å². The van der Waals surface area contributed by atoms with Gasteiger partial charge in [0.05, 0.1) is 36.7 Å². The van der Waals surface area contributed by atoms with E-state index >= 15 is 0 Å². The van der Waals surface area contributed by atoms with E-state index in [4.69, 9.17) is 9.47 Å². The van der Waals surface area contributed by atoms with Gasteiger partial charge in [-0.05, 0) is 63.9 Å². The first-order valence-corrected chi connectivity index (χ1v) is 15.9. The molecular formula is C36H43N3O6. The molecule has 0 bridgehead atoms. The van der Waals surface area contributed by atoms with Gasteiger partial charge in [0.25, 0.3) is 0 Å². The van der Waals surface area contributed by atoms with Crippen molar-refractivity contribution in [1.29, 1.82) is 0 Å². The smallest absolute Gasteiger partial charge is 0.249 e. The fraction of sp³-hybridized carbons (Fsp3) is 0.472. The highest BCUT2D eigenvalue weighted by molar-refractivity contribution is 6.04. The Bertz CT molecular complexity index is 1520. The summed E-state index contributed by atoms with van der Waals surface area (Å²) in [5, 5.41) is 10.8. The molecule has 1 unspecified atom stereocenters. The van der Waals surface area contributed by atoms with Crippen LogP contribution in [0.15, 0.2) is 78.9 Å². The molecule has 238 valence electrons. The number of hydrogen-bond acceptors (Lipinski definition) is 6. The third-order valence-corrected chi connectivity index (χ3v) is 9.84. The molecule has 0 aromatic heterocycles. The predicted molar refractivity (Wildman–Crippen MR) is 170 cm³/mol. The quantitative estimate of drug-likeness (QED) is 0.468. The number of amides is 3. The number of aliphatic hydroxyl groups excluding tert-OH is 1. The number of aliphatic hydroxyl groups is 1. The maximum Gasteiger partial charge on any atom is 0.249 e. The SMILES string of the molecule is CCOc1ccc(N2CC=C[C@@]3(CC)O[C@]45C=CCN(C(C)(C)C)C(=O)C4N([C@H](CO)c4ccccc4)C(=O)[C@@H]5[C@H]3C2=O)cc1. The summed E-state index contributed by atoms with van der Waals surface area (Å²) < 4.78 is 12.7. The van der Waals surface area contributed by atoms with E-state index in [0.717, 1.165) is 0 Å². The summed E-state index contributed by atoms with van der Waals surface area (Å²) in [7, 11) is 0. The van der Waals surface area contributed by atoms with Crippen molar-refractivity contribution in [3.63, 3.8) is 0 Å². The second kappa shape index (κ2) is 11.4. The number of hydrogen-bond donors (Lipinski definition) is 1. The normalized spacial score (nSPS) is 30.1. The summed E-state index contributed by atoms with van der Waals surface area (Å²) in [6.07, 6.45) is 8.05. The van der Waals surface area contributed by atoms with Gasteiger partial charge in [0.2, 0.25) is 17.7 Å². The van der Waals surface area contributed by atoms with Crippen molar-refractivity contribution < 1.29 is 29.0 Å². The van der Waals surface area contributed by atoms with Crippen LogP contribution >= 0.6 is 0 Å². The van der Waals surface area contributed by atoms with Crippen molar-refractivity contribution >= 4 is 23.4 Å². The Labute approximate surface area is 265 Å². The molecule has 1 spiro atoms. The van der Waals surface area contributed by atoms with Gasteiger partial charge in [0, 0.05) is 24.3 Å². The molecule has 2 aromatic rings. The fourth-order valence-electron chi connectivity index (χ4n) is 7.79. The number of carbonyl (C=O) groups is 3. The van der Waals surface area contributed by atoms with Gasteiger partial charge >= 0.3 is 0 Å². The van der Waals surface area contributed by atoms with E-state index in [0.29, 0.717) is 43.1 Å². The minimum absolute atomic E-state index is 0.236. The van der Waals surface area contributed by atoms with Crippen LogP contribution in [0.2, 0.25) is 0 Å². The second-order valence-electron chi connectivity index (χ2n) is 13.3. The van der Waals surface area contributed by atoms with Crippen LogP contribution in [-0.4, -0.2) is 81.7 Å². The molecule has 4 aliphatic rings. The van der Waals surface area contributed by atoms with E-state index in [1.807, 2.05) is 114 Å². The summed E-state index contributed by atoms with van der Waals surface area (Å²) in [4.78, 5) is 49.5. The Balaban J connectivity index is 1.51. The number of likely N-dealkylation sites (tertiary alicyclic amines) is 1. The molecule has 9 heteroatoms. The summed E-state index contributed by atoms with van der Waals surface area (Å²) in [6.45, 7) is 10.5. The van der Waals surface area contributed by atoms with Crippen LogP contribution in [0, 0.1) is 11.8 Å². The average molecular weight is 614 g/mol. The number of benzene rings is 2.